The van der Waals surface area contributed by atoms with Gasteiger partial charge in [-0.25, -0.2) is 4.98 Å². The Labute approximate surface area is 199 Å². The van der Waals surface area contributed by atoms with Gasteiger partial charge >= 0.3 is 0 Å². The van der Waals surface area contributed by atoms with Gasteiger partial charge in [-0.1, -0.05) is 24.3 Å². The summed E-state index contributed by atoms with van der Waals surface area (Å²) in [6, 6.07) is 16.8. The normalized spacial score (nSPS) is 14.3. The third-order valence-electron chi connectivity index (χ3n) is 6.41. The average molecular weight is 460 g/mol. The molecule has 0 spiro atoms. The zero-order chi connectivity index (χ0) is 24.2. The molecule has 2 aromatic carbocycles. The second-order valence-corrected chi connectivity index (χ2v) is 8.67. The summed E-state index contributed by atoms with van der Waals surface area (Å²) in [5.74, 6) is 1.15. The van der Waals surface area contributed by atoms with Crippen LogP contribution in [0.3, 0.4) is 0 Å². The van der Waals surface area contributed by atoms with Crippen LogP contribution < -0.4 is 15.2 Å². The van der Waals surface area contributed by atoms with Gasteiger partial charge in [0.1, 0.15) is 5.75 Å². The molecule has 3 aromatic rings. The van der Waals surface area contributed by atoms with Crippen molar-refractivity contribution in [3.8, 4) is 34.2 Å². The second kappa shape index (κ2) is 10.1. The Balaban J connectivity index is 1.83. The Kier molecular flexibility index (Phi) is 6.96. The highest BCUT2D eigenvalue weighted by molar-refractivity contribution is 5.81. The molecule has 1 N–H and O–H groups in total. The van der Waals surface area contributed by atoms with Gasteiger partial charge in [0, 0.05) is 31.7 Å². The van der Waals surface area contributed by atoms with Crippen LogP contribution in [0.25, 0.3) is 22.4 Å². The van der Waals surface area contributed by atoms with Gasteiger partial charge in [0.25, 0.3) is 5.56 Å². The molecule has 0 radical (unpaired) electrons. The van der Waals surface area contributed by atoms with Crippen LogP contribution in [0.1, 0.15) is 18.4 Å². The predicted molar refractivity (Wildman–Crippen MR) is 132 cm³/mol. The largest absolute Gasteiger partial charge is 0.468 e. The zero-order valence-electron chi connectivity index (χ0n) is 19.7. The van der Waals surface area contributed by atoms with Crippen LogP contribution in [0, 0.1) is 11.3 Å². The van der Waals surface area contributed by atoms with E-state index in [4.69, 9.17) is 14.8 Å². The molecule has 0 aliphatic carbocycles. The Morgan fingerprint density at radius 1 is 1.09 bits per heavy atom. The molecule has 4 rings (SSSR count). The van der Waals surface area contributed by atoms with Crippen molar-refractivity contribution in [2.75, 3.05) is 38.9 Å². The third kappa shape index (κ3) is 4.67. The molecule has 1 aliphatic heterocycles. The van der Waals surface area contributed by atoms with Crippen LogP contribution in [-0.2, 0) is 7.05 Å². The summed E-state index contributed by atoms with van der Waals surface area (Å²) < 4.78 is 6.75. The maximum atomic E-state index is 13.7. The van der Waals surface area contributed by atoms with Gasteiger partial charge in [0.05, 0.1) is 22.9 Å². The van der Waals surface area contributed by atoms with Crippen molar-refractivity contribution in [2.24, 2.45) is 7.05 Å². The molecule has 1 saturated heterocycles. The predicted octanol–water partition coefficient (Wildman–Crippen LogP) is 2.84. The van der Waals surface area contributed by atoms with Crippen molar-refractivity contribution in [3.05, 3.63) is 64.4 Å². The van der Waals surface area contributed by atoms with Gasteiger partial charge in [-0.3, -0.25) is 9.36 Å². The van der Waals surface area contributed by atoms with Crippen molar-refractivity contribution in [1.29, 1.82) is 5.26 Å². The van der Waals surface area contributed by atoms with Gasteiger partial charge in [-0.2, -0.15) is 5.26 Å². The number of anilines is 1. The van der Waals surface area contributed by atoms with Crippen LogP contribution in [0.5, 0.6) is 5.75 Å². The van der Waals surface area contributed by atoms with Crippen LogP contribution >= 0.6 is 0 Å². The first kappa shape index (κ1) is 23.5. The molecule has 8 nitrogen and oxygen atoms in total. The number of aliphatic hydroxyl groups is 1. The van der Waals surface area contributed by atoms with Crippen molar-refractivity contribution in [2.45, 2.75) is 18.9 Å². The minimum Gasteiger partial charge on any atom is -0.468 e. The number of piperidine rings is 1. The number of ether oxygens (including phenoxy) is 1. The highest BCUT2D eigenvalue weighted by Gasteiger charge is 2.26. The SMILES string of the molecule is CN(C)C1CCN(c2nc(-c3ccc(C#N)cc3)c(-c3ccc(OCO)cc3)c(=O)n2C)CC1. The molecule has 0 amide bonds. The van der Waals surface area contributed by atoms with Gasteiger partial charge in [0.2, 0.25) is 5.95 Å². The van der Waals surface area contributed by atoms with E-state index in [1.807, 2.05) is 12.1 Å². The zero-order valence-corrected chi connectivity index (χ0v) is 19.7. The monoisotopic (exact) mass is 459 g/mol. The lowest BCUT2D eigenvalue weighted by molar-refractivity contribution is 0.0985. The van der Waals surface area contributed by atoms with Crippen molar-refractivity contribution < 1.29 is 9.84 Å². The van der Waals surface area contributed by atoms with Crippen molar-refractivity contribution in [3.63, 3.8) is 0 Å². The van der Waals surface area contributed by atoms with Crippen LogP contribution in [-0.4, -0.2) is 59.6 Å². The minimum absolute atomic E-state index is 0.144. The summed E-state index contributed by atoms with van der Waals surface area (Å²) in [5.41, 5.74) is 2.94. The molecule has 0 saturated carbocycles. The molecule has 1 aliphatic rings. The molecule has 2 heterocycles. The summed E-state index contributed by atoms with van der Waals surface area (Å²) >= 11 is 0. The van der Waals surface area contributed by atoms with E-state index < -0.39 is 6.79 Å². The topological polar surface area (TPSA) is 94.6 Å². The fourth-order valence-electron chi connectivity index (χ4n) is 4.42. The quantitative estimate of drug-likeness (QED) is 0.567. The molecular weight excluding hydrogens is 430 g/mol. The summed E-state index contributed by atoms with van der Waals surface area (Å²) in [6.45, 7) is 1.23. The lowest BCUT2D eigenvalue weighted by Crippen LogP contribution is -2.44. The number of rotatable bonds is 6. The van der Waals surface area contributed by atoms with E-state index in [0.29, 0.717) is 40.1 Å². The average Bonchev–Trinajstić information content (AvgIpc) is 2.86. The van der Waals surface area contributed by atoms with Crippen LogP contribution in [0.4, 0.5) is 5.95 Å². The number of nitriles is 1. The maximum absolute atomic E-state index is 13.7. The minimum atomic E-state index is -0.418. The van der Waals surface area contributed by atoms with Crippen molar-refractivity contribution >= 4 is 5.95 Å². The fraction of sp³-hybridized carbons (Fsp3) is 0.346. The number of nitrogens with zero attached hydrogens (tertiary/aromatic N) is 5. The summed E-state index contributed by atoms with van der Waals surface area (Å²) in [6.07, 6.45) is 2.01. The number of benzene rings is 2. The van der Waals surface area contributed by atoms with Gasteiger partial charge in [-0.15, -0.1) is 0 Å². The number of hydrogen-bond acceptors (Lipinski definition) is 7. The fourth-order valence-corrected chi connectivity index (χ4v) is 4.42. The Hall–Kier alpha value is -3.67. The van der Waals surface area contributed by atoms with E-state index in [2.05, 4.69) is 30.0 Å². The van der Waals surface area contributed by atoms with E-state index in [0.717, 1.165) is 31.5 Å². The van der Waals surface area contributed by atoms with E-state index in [1.54, 1.807) is 48.0 Å². The van der Waals surface area contributed by atoms with Gasteiger partial charge in [-0.05, 0) is 56.8 Å². The number of aromatic nitrogens is 2. The van der Waals surface area contributed by atoms with E-state index in [9.17, 15) is 10.1 Å². The van der Waals surface area contributed by atoms with Crippen molar-refractivity contribution in [1.82, 2.24) is 14.5 Å². The van der Waals surface area contributed by atoms with E-state index >= 15 is 0 Å². The molecular formula is C26H29N5O3. The first-order valence-electron chi connectivity index (χ1n) is 11.3. The molecule has 34 heavy (non-hydrogen) atoms. The molecule has 8 heteroatoms. The van der Waals surface area contributed by atoms with Crippen LogP contribution in [0.15, 0.2) is 53.3 Å². The van der Waals surface area contributed by atoms with Gasteiger partial charge < -0.3 is 19.6 Å². The lowest BCUT2D eigenvalue weighted by Gasteiger charge is -2.36. The second-order valence-electron chi connectivity index (χ2n) is 8.67. The summed E-state index contributed by atoms with van der Waals surface area (Å²) in [4.78, 5) is 23.1. The summed E-state index contributed by atoms with van der Waals surface area (Å²) in [7, 11) is 5.96. The Morgan fingerprint density at radius 3 is 2.26 bits per heavy atom. The highest BCUT2D eigenvalue weighted by Crippen LogP contribution is 2.31. The lowest BCUT2D eigenvalue weighted by atomic mass is 9.99. The maximum Gasteiger partial charge on any atom is 0.263 e. The molecule has 176 valence electrons. The Bertz CT molecular complexity index is 1240. The molecule has 0 unspecified atom stereocenters. The number of aliphatic hydroxyl groups excluding tert-OH is 1. The first-order chi connectivity index (χ1) is 16.4. The van der Waals surface area contributed by atoms with Gasteiger partial charge in [0.15, 0.2) is 6.79 Å². The molecule has 0 bridgehead atoms. The van der Waals surface area contributed by atoms with E-state index in [-0.39, 0.29) is 5.56 Å². The summed E-state index contributed by atoms with van der Waals surface area (Å²) in [5, 5.41) is 18.2. The van der Waals surface area contributed by atoms with Crippen LogP contribution in [0.2, 0.25) is 0 Å². The third-order valence-corrected chi connectivity index (χ3v) is 6.41. The molecule has 1 fully saturated rings. The standard InChI is InChI=1S/C26H29N5O3/c1-29(2)21-12-14-31(15-13-21)26-28-24(20-6-4-18(16-27)5-7-20)23(25(33)30(26)3)19-8-10-22(11-9-19)34-17-32/h4-11,21,32H,12-15,17H2,1-3H3. The highest BCUT2D eigenvalue weighted by atomic mass is 16.6. The Morgan fingerprint density at radius 2 is 1.71 bits per heavy atom. The van der Waals surface area contributed by atoms with E-state index in [1.165, 1.54) is 0 Å². The first-order valence-corrected chi connectivity index (χ1v) is 11.3. The molecule has 0 atom stereocenters. The number of hydrogen-bond donors (Lipinski definition) is 1. The smallest absolute Gasteiger partial charge is 0.263 e. The molecule has 1 aromatic heterocycles.